The summed E-state index contributed by atoms with van der Waals surface area (Å²) < 4.78 is 5.29. The topological polar surface area (TPSA) is 115 Å². The Balaban J connectivity index is 1.91. The molecule has 7 heteroatoms. The molecule has 0 fully saturated rings. The minimum atomic E-state index is 0.177. The maximum atomic E-state index is 5.59. The third kappa shape index (κ3) is 3.85. The van der Waals surface area contributed by atoms with E-state index in [-0.39, 0.29) is 12.0 Å². The molecule has 1 unspecified atom stereocenters. The van der Waals surface area contributed by atoms with Crippen LogP contribution in [0.4, 0.5) is 17.6 Å². The summed E-state index contributed by atoms with van der Waals surface area (Å²) in [6, 6.07) is 5.79. The number of rotatable bonds is 6. The Bertz CT molecular complexity index is 513. The Morgan fingerprint density at radius 2 is 2.16 bits per heavy atom. The van der Waals surface area contributed by atoms with Crippen LogP contribution in [0.5, 0.6) is 0 Å². The summed E-state index contributed by atoms with van der Waals surface area (Å²) in [5, 5.41) is 3.25. The number of hydrazine groups is 1. The van der Waals surface area contributed by atoms with E-state index in [1.54, 1.807) is 12.3 Å². The fourth-order valence-corrected chi connectivity index (χ4v) is 1.75. The molecule has 0 saturated heterocycles. The molecule has 2 heterocycles. The summed E-state index contributed by atoms with van der Waals surface area (Å²) in [6.45, 7) is 2.07. The molecule has 6 N–H and O–H groups in total. The quantitative estimate of drug-likeness (QED) is 0.459. The minimum Gasteiger partial charge on any atom is -0.469 e. The van der Waals surface area contributed by atoms with Crippen LogP contribution >= 0.6 is 0 Å². The summed E-state index contributed by atoms with van der Waals surface area (Å²) in [5.41, 5.74) is 8.04. The molecule has 7 nitrogen and oxygen atoms in total. The van der Waals surface area contributed by atoms with Gasteiger partial charge in [-0.25, -0.2) is 5.84 Å². The maximum Gasteiger partial charge on any atom is 0.223 e. The van der Waals surface area contributed by atoms with Gasteiger partial charge in [-0.05, 0) is 25.5 Å². The molecule has 1 atom stereocenters. The van der Waals surface area contributed by atoms with Crippen molar-refractivity contribution in [2.75, 3.05) is 16.5 Å². The van der Waals surface area contributed by atoms with Crippen LogP contribution in [0.1, 0.15) is 19.1 Å². The zero-order valence-electron chi connectivity index (χ0n) is 10.8. The zero-order valence-corrected chi connectivity index (χ0v) is 10.8. The fourth-order valence-electron chi connectivity index (χ4n) is 1.75. The third-order valence-corrected chi connectivity index (χ3v) is 2.69. The van der Waals surface area contributed by atoms with Gasteiger partial charge in [0, 0.05) is 18.5 Å². The highest BCUT2D eigenvalue weighted by Crippen LogP contribution is 2.14. The summed E-state index contributed by atoms with van der Waals surface area (Å²) in [4.78, 5) is 8.03. The first-order valence-corrected chi connectivity index (χ1v) is 6.07. The summed E-state index contributed by atoms with van der Waals surface area (Å²) >= 11 is 0. The van der Waals surface area contributed by atoms with E-state index in [1.807, 2.05) is 12.1 Å². The van der Waals surface area contributed by atoms with E-state index in [0.717, 1.165) is 18.6 Å². The molecule has 19 heavy (non-hydrogen) atoms. The van der Waals surface area contributed by atoms with Crippen LogP contribution in [0, 0.1) is 0 Å². The van der Waals surface area contributed by atoms with E-state index in [1.165, 1.54) is 0 Å². The second-order valence-electron chi connectivity index (χ2n) is 4.30. The molecule has 2 rings (SSSR count). The summed E-state index contributed by atoms with van der Waals surface area (Å²) in [7, 11) is 0. The third-order valence-electron chi connectivity index (χ3n) is 2.69. The van der Waals surface area contributed by atoms with E-state index >= 15 is 0 Å². The predicted molar refractivity (Wildman–Crippen MR) is 74.4 cm³/mol. The molecular formula is C12H18N6O. The lowest BCUT2D eigenvalue weighted by Crippen LogP contribution is -2.18. The number of aromatic nitrogens is 2. The highest BCUT2D eigenvalue weighted by atomic mass is 16.3. The molecule has 0 aliphatic heterocycles. The predicted octanol–water partition coefficient (Wildman–Crippen LogP) is 1.37. The van der Waals surface area contributed by atoms with Gasteiger partial charge in [0.2, 0.25) is 5.95 Å². The van der Waals surface area contributed by atoms with Crippen LogP contribution in [0.3, 0.4) is 0 Å². The largest absolute Gasteiger partial charge is 0.469 e. The van der Waals surface area contributed by atoms with Gasteiger partial charge in [-0.1, -0.05) is 0 Å². The number of nitrogens with one attached hydrogen (secondary N) is 2. The minimum absolute atomic E-state index is 0.177. The Kier molecular flexibility index (Phi) is 4.19. The van der Waals surface area contributed by atoms with Gasteiger partial charge < -0.3 is 20.9 Å². The van der Waals surface area contributed by atoms with Gasteiger partial charge in [0.15, 0.2) is 0 Å². The molecule has 102 valence electrons. The van der Waals surface area contributed by atoms with Gasteiger partial charge in [0.1, 0.15) is 17.4 Å². The summed E-state index contributed by atoms with van der Waals surface area (Å²) in [6.07, 6.45) is 3.46. The van der Waals surface area contributed by atoms with E-state index in [4.69, 9.17) is 16.0 Å². The lowest BCUT2D eigenvalue weighted by molar-refractivity contribution is 0.495. The maximum absolute atomic E-state index is 5.59. The standard InChI is InChI=1S/C12H18N6O/c1-8(4-5-9-3-2-6-19-9)15-10-7-11(18-14)17-12(13)16-10/h2-3,6-8H,4-5,14H2,1H3,(H4,13,15,16,17,18). The van der Waals surface area contributed by atoms with E-state index in [9.17, 15) is 0 Å². The van der Waals surface area contributed by atoms with Gasteiger partial charge in [0.25, 0.3) is 0 Å². The normalized spacial score (nSPS) is 12.1. The second kappa shape index (κ2) is 6.05. The lowest BCUT2D eigenvalue weighted by Gasteiger charge is -2.14. The number of nitrogens with zero attached hydrogens (tertiary/aromatic N) is 2. The molecule has 2 aromatic rings. The highest BCUT2D eigenvalue weighted by molar-refractivity contribution is 5.50. The number of nitrogen functional groups attached to an aromatic ring is 2. The lowest BCUT2D eigenvalue weighted by atomic mass is 10.1. The van der Waals surface area contributed by atoms with Gasteiger partial charge in [-0.15, -0.1) is 0 Å². The number of hydrogen-bond donors (Lipinski definition) is 4. The van der Waals surface area contributed by atoms with Crippen molar-refractivity contribution < 1.29 is 4.42 Å². The molecule has 0 aliphatic rings. The Labute approximate surface area is 111 Å². The van der Waals surface area contributed by atoms with Crippen molar-refractivity contribution in [2.45, 2.75) is 25.8 Å². The second-order valence-corrected chi connectivity index (χ2v) is 4.30. The van der Waals surface area contributed by atoms with Gasteiger partial charge >= 0.3 is 0 Å². The van der Waals surface area contributed by atoms with E-state index in [0.29, 0.717) is 11.6 Å². The van der Waals surface area contributed by atoms with E-state index in [2.05, 4.69) is 27.6 Å². The van der Waals surface area contributed by atoms with E-state index < -0.39 is 0 Å². The Morgan fingerprint density at radius 3 is 2.84 bits per heavy atom. The van der Waals surface area contributed by atoms with Crippen molar-refractivity contribution >= 4 is 17.6 Å². The van der Waals surface area contributed by atoms with Crippen LogP contribution in [0.15, 0.2) is 28.9 Å². The Hall–Kier alpha value is -2.28. The first kappa shape index (κ1) is 13.2. The smallest absolute Gasteiger partial charge is 0.223 e. The monoisotopic (exact) mass is 262 g/mol. The molecular weight excluding hydrogens is 244 g/mol. The number of aryl methyl sites for hydroxylation is 1. The number of hydrogen-bond acceptors (Lipinski definition) is 7. The number of nitrogens with two attached hydrogens (primary N) is 2. The summed E-state index contributed by atoms with van der Waals surface area (Å²) in [5.74, 6) is 7.58. The first-order chi connectivity index (χ1) is 9.17. The van der Waals surface area contributed by atoms with Crippen LogP contribution in [0.25, 0.3) is 0 Å². The van der Waals surface area contributed by atoms with Crippen LogP contribution in [-0.4, -0.2) is 16.0 Å². The van der Waals surface area contributed by atoms with Crippen molar-refractivity contribution in [2.24, 2.45) is 5.84 Å². The van der Waals surface area contributed by atoms with Crippen molar-refractivity contribution in [3.63, 3.8) is 0 Å². The fraction of sp³-hybridized carbons (Fsp3) is 0.333. The SMILES string of the molecule is CC(CCc1ccco1)Nc1cc(NN)nc(N)n1. The van der Waals surface area contributed by atoms with Crippen molar-refractivity contribution in [3.05, 3.63) is 30.2 Å². The Morgan fingerprint density at radius 1 is 1.37 bits per heavy atom. The van der Waals surface area contributed by atoms with Crippen molar-refractivity contribution in [1.29, 1.82) is 0 Å². The van der Waals surface area contributed by atoms with Crippen LogP contribution < -0.4 is 22.3 Å². The molecule has 0 radical (unpaired) electrons. The first-order valence-electron chi connectivity index (χ1n) is 6.07. The molecule has 2 aromatic heterocycles. The van der Waals surface area contributed by atoms with Crippen LogP contribution in [0.2, 0.25) is 0 Å². The molecule has 0 aromatic carbocycles. The molecule has 0 amide bonds. The highest BCUT2D eigenvalue weighted by Gasteiger charge is 2.07. The van der Waals surface area contributed by atoms with Crippen molar-refractivity contribution in [3.8, 4) is 0 Å². The number of anilines is 3. The number of furan rings is 1. The zero-order chi connectivity index (χ0) is 13.7. The van der Waals surface area contributed by atoms with Crippen molar-refractivity contribution in [1.82, 2.24) is 9.97 Å². The van der Waals surface area contributed by atoms with Gasteiger partial charge in [-0.2, -0.15) is 9.97 Å². The average Bonchev–Trinajstić information content (AvgIpc) is 2.88. The van der Waals surface area contributed by atoms with Gasteiger partial charge in [-0.3, -0.25) is 0 Å². The molecule has 0 aliphatic carbocycles. The average molecular weight is 262 g/mol. The molecule has 0 saturated carbocycles. The molecule has 0 spiro atoms. The van der Waals surface area contributed by atoms with Gasteiger partial charge in [0.05, 0.1) is 6.26 Å². The van der Waals surface area contributed by atoms with Crippen LogP contribution in [-0.2, 0) is 6.42 Å². The molecule has 0 bridgehead atoms.